The van der Waals surface area contributed by atoms with E-state index in [1.165, 1.54) is 101 Å². The Morgan fingerprint density at radius 2 is 0.364 bits per heavy atom. The highest BCUT2D eigenvalue weighted by Crippen LogP contribution is 2.52. The molecule has 432 valence electrons. The van der Waals surface area contributed by atoms with Crippen LogP contribution < -0.4 is 19.6 Å². The molecule has 0 aliphatic heterocycles. The second kappa shape index (κ2) is 24.1. The van der Waals surface area contributed by atoms with Gasteiger partial charge in [-0.3, -0.25) is 0 Å². The third-order valence-electron chi connectivity index (χ3n) is 18.9. The summed E-state index contributed by atoms with van der Waals surface area (Å²) >= 11 is 0. The minimum absolute atomic E-state index is 0.520. The van der Waals surface area contributed by atoms with Gasteiger partial charge in [0, 0.05) is 67.6 Å². The highest BCUT2D eigenvalue weighted by Gasteiger charge is 2.33. The molecule has 0 heterocycles. The molecule has 0 N–H and O–H groups in total. The van der Waals surface area contributed by atoms with Crippen molar-refractivity contribution >= 4 is 79.0 Å². The van der Waals surface area contributed by atoms with E-state index in [0.717, 1.165) is 59.8 Å². The summed E-state index contributed by atoms with van der Waals surface area (Å²) in [5.41, 5.74) is 27.1. The zero-order chi connectivity index (χ0) is 59.8. The van der Waals surface area contributed by atoms with Crippen LogP contribution >= 0.6 is 0 Å². The molecule has 4 nitrogen and oxygen atoms in total. The molecule has 0 atom stereocenters. The number of rotatable bonds is 16. The van der Waals surface area contributed by atoms with E-state index >= 15 is 0 Å². The van der Waals surface area contributed by atoms with Crippen LogP contribution in [-0.2, 0) is 0 Å². The fourth-order valence-corrected chi connectivity index (χ4v) is 13.5. The molecule has 12 aromatic carbocycles. The number of nitrogens with zero attached hydrogens (tertiary/aromatic N) is 4. The van der Waals surface area contributed by atoms with E-state index in [-0.39, 0.29) is 0 Å². The van der Waals surface area contributed by atoms with Crippen LogP contribution in [0.5, 0.6) is 0 Å². The van der Waals surface area contributed by atoms with Gasteiger partial charge in [0.25, 0.3) is 0 Å². The van der Waals surface area contributed by atoms with Crippen molar-refractivity contribution in [3.8, 4) is 0 Å². The van der Waals surface area contributed by atoms with Crippen molar-refractivity contribution in [3.63, 3.8) is 0 Å². The first-order chi connectivity index (χ1) is 43.0. The molecule has 88 heavy (non-hydrogen) atoms. The molecule has 0 saturated heterocycles. The Bertz CT molecular complexity index is 3960. The van der Waals surface area contributed by atoms with Gasteiger partial charge in [0.15, 0.2) is 0 Å². The zero-order valence-corrected chi connectivity index (χ0v) is 51.5. The largest absolute Gasteiger partial charge is 0.311 e. The van der Waals surface area contributed by atoms with Crippen molar-refractivity contribution in [2.75, 3.05) is 19.6 Å². The SMILES string of the molecule is Cc1ccc(N(c2ccc(C)cc2)c2ccc(C3CC(c4ccc(N(c5ccc(C)cc5)c5ccc(N(c6ccc(C)cc6)c6ccc(C7CC(c8ccc(N(c9ccc(C)cc9)c9ccc(C)cc9)cc8)C7)cc6)c6ccccc56)cc4)C3)cc2)cc1. The summed E-state index contributed by atoms with van der Waals surface area (Å²) in [7, 11) is 0. The van der Waals surface area contributed by atoms with Crippen molar-refractivity contribution < 1.29 is 0 Å². The van der Waals surface area contributed by atoms with E-state index in [1.54, 1.807) is 0 Å². The lowest BCUT2D eigenvalue weighted by molar-refractivity contribution is 0.351. The Morgan fingerprint density at radius 3 is 0.557 bits per heavy atom. The molecule has 2 aliphatic carbocycles. The Labute approximate surface area is 521 Å². The molecule has 0 spiro atoms. The first-order valence-corrected chi connectivity index (χ1v) is 31.6. The van der Waals surface area contributed by atoms with Gasteiger partial charge in [-0.1, -0.05) is 179 Å². The Morgan fingerprint density at radius 1 is 0.193 bits per heavy atom. The molecule has 0 unspecified atom stereocenters. The van der Waals surface area contributed by atoms with Gasteiger partial charge < -0.3 is 19.6 Å². The standard InChI is InChI=1S/C84H76N4/c1-57-11-31-71(32-12-57)85(72-33-13-58(2)14-34-72)75-43-23-63(24-44-75)67-53-69(54-67)65-27-47-79(48-28-65)87(77-39-19-61(5)20-40-77)83-51-52-84(82-10-8-7-9-81(82)83)88(78-41-21-62(6)22-42-78)80-49-29-66(30-50-80)70-55-68(56-70)64-25-45-76(46-26-64)86(73-35-15-59(3)16-36-73)74-37-17-60(4)18-38-74/h7-52,67-70H,53-56H2,1-6H3. The minimum Gasteiger partial charge on any atom is -0.311 e. The lowest BCUT2D eigenvalue weighted by Gasteiger charge is -2.37. The molecule has 2 fully saturated rings. The Kier molecular flexibility index (Phi) is 15.3. The fraction of sp³-hybridized carbons (Fsp3) is 0.167. The summed E-state index contributed by atoms with van der Waals surface area (Å²) in [4.78, 5) is 9.63. The van der Waals surface area contributed by atoms with E-state index in [4.69, 9.17) is 0 Å². The number of anilines is 12. The van der Waals surface area contributed by atoms with Crippen molar-refractivity contribution in [2.45, 2.75) is 90.9 Å². The maximum Gasteiger partial charge on any atom is 0.0541 e. The van der Waals surface area contributed by atoms with Crippen LogP contribution in [0.1, 0.15) is 105 Å². The van der Waals surface area contributed by atoms with Crippen molar-refractivity contribution in [1.82, 2.24) is 0 Å². The van der Waals surface area contributed by atoms with Gasteiger partial charge in [0.1, 0.15) is 0 Å². The smallest absolute Gasteiger partial charge is 0.0541 e. The third kappa shape index (κ3) is 11.4. The summed E-state index contributed by atoms with van der Waals surface area (Å²) in [6.07, 6.45) is 4.59. The molecule has 14 rings (SSSR count). The lowest BCUT2D eigenvalue weighted by Crippen LogP contribution is -2.20. The number of fused-ring (bicyclic) bond motifs is 1. The fourth-order valence-electron chi connectivity index (χ4n) is 13.5. The molecule has 2 saturated carbocycles. The summed E-state index contributed by atoms with van der Waals surface area (Å²) in [5.74, 6) is 2.12. The van der Waals surface area contributed by atoms with E-state index in [2.05, 4.69) is 340 Å². The first-order valence-electron chi connectivity index (χ1n) is 31.6. The van der Waals surface area contributed by atoms with E-state index in [0.29, 0.717) is 23.7 Å². The molecular weight excluding hydrogens is 1060 g/mol. The molecule has 0 aromatic heterocycles. The molecule has 4 heteroatoms. The van der Waals surface area contributed by atoms with Gasteiger partial charge in [-0.15, -0.1) is 0 Å². The van der Waals surface area contributed by atoms with Crippen molar-refractivity contribution in [3.05, 3.63) is 335 Å². The Hall–Kier alpha value is -9.90. The maximum absolute atomic E-state index is 2.45. The van der Waals surface area contributed by atoms with Crippen LogP contribution in [-0.4, -0.2) is 0 Å². The molecule has 12 aromatic rings. The highest BCUT2D eigenvalue weighted by molar-refractivity contribution is 6.07. The molecule has 0 amide bonds. The second-order valence-corrected chi connectivity index (χ2v) is 25.1. The average Bonchev–Trinajstić information content (AvgIpc) is 1.64. The van der Waals surface area contributed by atoms with Gasteiger partial charge in [-0.2, -0.15) is 0 Å². The summed E-state index contributed by atoms with van der Waals surface area (Å²) in [5, 5.41) is 2.39. The molecule has 2 aliphatic rings. The van der Waals surface area contributed by atoms with E-state index in [9.17, 15) is 0 Å². The normalized spacial score (nSPS) is 16.1. The third-order valence-corrected chi connectivity index (χ3v) is 18.9. The van der Waals surface area contributed by atoms with Crippen LogP contribution in [0.4, 0.5) is 68.2 Å². The van der Waals surface area contributed by atoms with Crippen LogP contribution in [0.15, 0.2) is 279 Å². The lowest BCUT2D eigenvalue weighted by atomic mass is 9.68. The number of hydrogen-bond donors (Lipinski definition) is 0. The summed E-state index contributed by atoms with van der Waals surface area (Å²) in [6, 6.07) is 105. The highest BCUT2D eigenvalue weighted by atomic mass is 15.2. The minimum atomic E-state index is 0.520. The Balaban J connectivity index is 0.702. The van der Waals surface area contributed by atoms with Crippen molar-refractivity contribution in [2.24, 2.45) is 0 Å². The maximum atomic E-state index is 2.45. The van der Waals surface area contributed by atoms with Gasteiger partial charge >= 0.3 is 0 Å². The van der Waals surface area contributed by atoms with Gasteiger partial charge in [-0.25, -0.2) is 0 Å². The topological polar surface area (TPSA) is 13.0 Å². The van der Waals surface area contributed by atoms with E-state index in [1.807, 2.05) is 0 Å². The van der Waals surface area contributed by atoms with Crippen LogP contribution in [0, 0.1) is 41.5 Å². The van der Waals surface area contributed by atoms with E-state index < -0.39 is 0 Å². The number of aryl methyl sites for hydroxylation is 6. The predicted octanol–water partition coefficient (Wildman–Crippen LogP) is 23.9. The number of benzene rings is 12. The van der Waals surface area contributed by atoms with Crippen LogP contribution in [0.3, 0.4) is 0 Å². The van der Waals surface area contributed by atoms with Gasteiger partial charge in [-0.05, 0) is 247 Å². The summed E-state index contributed by atoms with van der Waals surface area (Å²) < 4.78 is 0. The monoisotopic (exact) mass is 1140 g/mol. The zero-order valence-electron chi connectivity index (χ0n) is 51.5. The van der Waals surface area contributed by atoms with Crippen molar-refractivity contribution in [1.29, 1.82) is 0 Å². The second-order valence-electron chi connectivity index (χ2n) is 25.1. The number of hydrogen-bond acceptors (Lipinski definition) is 4. The van der Waals surface area contributed by atoms with Crippen LogP contribution in [0.2, 0.25) is 0 Å². The quantitative estimate of drug-likeness (QED) is 0.0956. The average molecular weight is 1140 g/mol. The molecule has 0 bridgehead atoms. The predicted molar refractivity (Wildman–Crippen MR) is 373 cm³/mol. The van der Waals surface area contributed by atoms with Gasteiger partial charge in [0.2, 0.25) is 0 Å². The summed E-state index contributed by atoms with van der Waals surface area (Å²) in [6.45, 7) is 12.9. The van der Waals surface area contributed by atoms with Gasteiger partial charge in [0.05, 0.1) is 11.4 Å². The van der Waals surface area contributed by atoms with Crippen LogP contribution in [0.25, 0.3) is 10.8 Å². The molecular formula is C84H76N4. The first kappa shape index (κ1) is 55.9. The molecule has 0 radical (unpaired) electrons.